The van der Waals surface area contributed by atoms with Gasteiger partial charge in [-0.25, -0.2) is 4.99 Å². The van der Waals surface area contributed by atoms with Crippen LogP contribution in [0.25, 0.3) is 0 Å². The average molecular weight is 548 g/mol. The molecule has 1 aromatic carbocycles. The molecule has 1 aliphatic rings. The summed E-state index contributed by atoms with van der Waals surface area (Å²) in [6.07, 6.45) is 4.19. The lowest BCUT2D eigenvalue weighted by molar-refractivity contribution is -0.0390. The van der Waals surface area contributed by atoms with Crippen molar-refractivity contribution in [3.05, 3.63) is 35.4 Å². The second-order valence-corrected chi connectivity index (χ2v) is 8.53. The minimum atomic E-state index is 0. The van der Waals surface area contributed by atoms with Crippen molar-refractivity contribution < 1.29 is 14.6 Å². The predicted molar refractivity (Wildman–Crippen MR) is 138 cm³/mol. The molecular weight excluding hydrogens is 505 g/mol. The largest absolute Gasteiger partial charge is 0.396 e. The monoisotopic (exact) mass is 547 g/mol. The number of guanidine groups is 1. The van der Waals surface area contributed by atoms with Crippen LogP contribution >= 0.6 is 24.0 Å². The zero-order valence-corrected chi connectivity index (χ0v) is 21.8. The van der Waals surface area contributed by atoms with E-state index in [1.807, 2.05) is 0 Å². The van der Waals surface area contributed by atoms with E-state index in [1.54, 1.807) is 0 Å². The van der Waals surface area contributed by atoms with Gasteiger partial charge in [0.05, 0.1) is 19.3 Å². The normalized spacial score (nSPS) is 16.1. The van der Waals surface area contributed by atoms with Gasteiger partial charge in [-0.3, -0.25) is 0 Å². The SMILES string of the molecule is CCNC(=NCc1cccc(COC2CCOCC2)c1)NCC(CCO)CC(C)C.I. The number of aliphatic hydroxyl groups is 1. The molecule has 1 unspecified atom stereocenters. The standard InChI is InChI=1S/C24H41N3O3.HI/c1-4-25-24(27-17-21(8-11-28)14-19(2)3)26-16-20-6-5-7-22(15-20)18-30-23-9-12-29-13-10-23;/h5-7,15,19,21,23,28H,4,8-14,16-18H2,1-3H3,(H2,25,26,27);1H. The Labute approximate surface area is 205 Å². The van der Waals surface area contributed by atoms with Gasteiger partial charge in [0.25, 0.3) is 0 Å². The summed E-state index contributed by atoms with van der Waals surface area (Å²) in [7, 11) is 0. The Balaban J connectivity index is 0.00000480. The van der Waals surface area contributed by atoms with Crippen LogP contribution in [0.2, 0.25) is 0 Å². The lowest BCUT2D eigenvalue weighted by atomic mass is 9.94. The van der Waals surface area contributed by atoms with E-state index in [0.29, 0.717) is 31.1 Å². The molecule has 178 valence electrons. The maximum atomic E-state index is 9.33. The van der Waals surface area contributed by atoms with E-state index in [1.165, 1.54) is 11.1 Å². The van der Waals surface area contributed by atoms with E-state index in [-0.39, 0.29) is 30.6 Å². The summed E-state index contributed by atoms with van der Waals surface area (Å²) in [6.45, 7) is 11.3. The number of halogens is 1. The van der Waals surface area contributed by atoms with Crippen molar-refractivity contribution in [2.45, 2.75) is 65.7 Å². The summed E-state index contributed by atoms with van der Waals surface area (Å²) in [5.41, 5.74) is 2.36. The highest BCUT2D eigenvalue weighted by atomic mass is 127. The Kier molecular flexibility index (Phi) is 15.2. The minimum absolute atomic E-state index is 0. The van der Waals surface area contributed by atoms with E-state index in [9.17, 15) is 5.11 Å². The van der Waals surface area contributed by atoms with E-state index < -0.39 is 0 Å². The molecule has 7 heteroatoms. The topological polar surface area (TPSA) is 75.1 Å². The summed E-state index contributed by atoms with van der Waals surface area (Å²) < 4.78 is 11.4. The molecule has 1 aromatic rings. The average Bonchev–Trinajstić information content (AvgIpc) is 2.75. The second kappa shape index (κ2) is 16.7. The van der Waals surface area contributed by atoms with Crippen LogP contribution in [-0.4, -0.2) is 50.1 Å². The van der Waals surface area contributed by atoms with Gasteiger partial charge >= 0.3 is 0 Å². The predicted octanol–water partition coefficient (Wildman–Crippen LogP) is 4.10. The van der Waals surface area contributed by atoms with E-state index in [2.05, 4.69) is 55.7 Å². The minimum Gasteiger partial charge on any atom is -0.396 e. The summed E-state index contributed by atoms with van der Waals surface area (Å²) in [5.74, 6) is 1.89. The van der Waals surface area contributed by atoms with Gasteiger partial charge < -0.3 is 25.2 Å². The zero-order valence-electron chi connectivity index (χ0n) is 19.4. The van der Waals surface area contributed by atoms with Crippen molar-refractivity contribution in [3.63, 3.8) is 0 Å². The summed E-state index contributed by atoms with van der Waals surface area (Å²) >= 11 is 0. The summed E-state index contributed by atoms with van der Waals surface area (Å²) in [5, 5.41) is 16.1. The van der Waals surface area contributed by atoms with Gasteiger partial charge in [0, 0.05) is 32.9 Å². The number of nitrogens with zero attached hydrogens (tertiary/aromatic N) is 1. The molecule has 6 nitrogen and oxygen atoms in total. The first kappa shape index (κ1) is 28.1. The molecule has 1 atom stereocenters. The molecule has 1 fully saturated rings. The van der Waals surface area contributed by atoms with Gasteiger partial charge in [-0.2, -0.15) is 0 Å². The number of hydrogen-bond acceptors (Lipinski definition) is 4. The fraction of sp³-hybridized carbons (Fsp3) is 0.708. The van der Waals surface area contributed by atoms with Crippen LogP contribution in [-0.2, 0) is 22.6 Å². The molecule has 0 aromatic heterocycles. The first-order valence-electron chi connectivity index (χ1n) is 11.5. The van der Waals surface area contributed by atoms with E-state index >= 15 is 0 Å². The van der Waals surface area contributed by atoms with Crippen LogP contribution in [0.5, 0.6) is 0 Å². The number of ether oxygens (including phenoxy) is 2. The molecule has 1 heterocycles. The molecule has 1 saturated heterocycles. The molecule has 0 saturated carbocycles. The first-order chi connectivity index (χ1) is 14.6. The maximum Gasteiger partial charge on any atom is 0.191 e. The Morgan fingerprint density at radius 2 is 1.97 bits per heavy atom. The number of rotatable bonds is 12. The number of benzene rings is 1. The van der Waals surface area contributed by atoms with Gasteiger partial charge in [-0.05, 0) is 55.6 Å². The number of nitrogens with one attached hydrogen (secondary N) is 2. The number of aliphatic hydroxyl groups excluding tert-OH is 1. The smallest absolute Gasteiger partial charge is 0.191 e. The fourth-order valence-corrected chi connectivity index (χ4v) is 3.78. The van der Waals surface area contributed by atoms with Crippen molar-refractivity contribution in [1.82, 2.24) is 10.6 Å². The molecule has 3 N–H and O–H groups in total. The van der Waals surface area contributed by atoms with Crippen LogP contribution in [0.3, 0.4) is 0 Å². The van der Waals surface area contributed by atoms with Gasteiger partial charge in [0.1, 0.15) is 0 Å². The van der Waals surface area contributed by atoms with Crippen molar-refractivity contribution in [2.75, 3.05) is 32.9 Å². The first-order valence-corrected chi connectivity index (χ1v) is 11.5. The number of aliphatic imine (C=N–C) groups is 1. The van der Waals surface area contributed by atoms with Gasteiger partial charge in [-0.15, -0.1) is 24.0 Å². The highest BCUT2D eigenvalue weighted by Gasteiger charge is 2.14. The van der Waals surface area contributed by atoms with Crippen LogP contribution in [0.1, 0.15) is 57.6 Å². The Morgan fingerprint density at radius 1 is 1.23 bits per heavy atom. The van der Waals surface area contributed by atoms with Gasteiger partial charge in [-0.1, -0.05) is 38.1 Å². The van der Waals surface area contributed by atoms with Crippen LogP contribution < -0.4 is 10.6 Å². The van der Waals surface area contributed by atoms with E-state index in [0.717, 1.165) is 57.9 Å². The molecule has 31 heavy (non-hydrogen) atoms. The molecular formula is C24H42IN3O3. The molecule has 1 aliphatic heterocycles. The Bertz CT molecular complexity index is 622. The number of hydrogen-bond donors (Lipinski definition) is 3. The van der Waals surface area contributed by atoms with Crippen LogP contribution in [0.4, 0.5) is 0 Å². The molecule has 0 spiro atoms. The van der Waals surface area contributed by atoms with E-state index in [4.69, 9.17) is 14.5 Å². The lowest BCUT2D eigenvalue weighted by Gasteiger charge is -2.22. The second-order valence-electron chi connectivity index (χ2n) is 8.53. The maximum absolute atomic E-state index is 9.33. The third-order valence-electron chi connectivity index (χ3n) is 5.31. The van der Waals surface area contributed by atoms with Crippen molar-refractivity contribution in [3.8, 4) is 0 Å². The Morgan fingerprint density at radius 3 is 2.65 bits per heavy atom. The molecule has 0 bridgehead atoms. The molecule has 0 aliphatic carbocycles. The third kappa shape index (κ3) is 12.1. The van der Waals surface area contributed by atoms with Crippen LogP contribution in [0.15, 0.2) is 29.3 Å². The van der Waals surface area contributed by atoms with Crippen molar-refractivity contribution >= 4 is 29.9 Å². The molecule has 2 rings (SSSR count). The quantitative estimate of drug-likeness (QED) is 0.209. The van der Waals surface area contributed by atoms with Crippen molar-refractivity contribution in [2.24, 2.45) is 16.8 Å². The highest BCUT2D eigenvalue weighted by molar-refractivity contribution is 14.0. The zero-order chi connectivity index (χ0) is 21.6. The molecule has 0 amide bonds. The summed E-state index contributed by atoms with van der Waals surface area (Å²) in [4.78, 5) is 4.76. The highest BCUT2D eigenvalue weighted by Crippen LogP contribution is 2.15. The Hall–Kier alpha value is -0.900. The van der Waals surface area contributed by atoms with Gasteiger partial charge in [0.15, 0.2) is 5.96 Å². The lowest BCUT2D eigenvalue weighted by Crippen LogP contribution is -2.40. The van der Waals surface area contributed by atoms with Crippen molar-refractivity contribution in [1.29, 1.82) is 0 Å². The fourth-order valence-electron chi connectivity index (χ4n) is 3.78. The molecule has 0 radical (unpaired) electrons. The van der Waals surface area contributed by atoms with Crippen LogP contribution in [0, 0.1) is 11.8 Å². The third-order valence-corrected chi connectivity index (χ3v) is 5.31. The summed E-state index contributed by atoms with van der Waals surface area (Å²) in [6, 6.07) is 8.48. The van der Waals surface area contributed by atoms with Gasteiger partial charge in [0.2, 0.25) is 0 Å².